The molecular formula is C14H23N3O2. The summed E-state index contributed by atoms with van der Waals surface area (Å²) in [6, 6.07) is 4.20. The zero-order valence-electron chi connectivity index (χ0n) is 11.7. The monoisotopic (exact) mass is 265 g/mol. The van der Waals surface area contributed by atoms with Gasteiger partial charge in [-0.1, -0.05) is 0 Å². The van der Waals surface area contributed by atoms with Crippen LogP contribution in [-0.4, -0.2) is 36.4 Å². The zero-order valence-corrected chi connectivity index (χ0v) is 11.7. The minimum Gasteiger partial charge on any atom is -0.381 e. The summed E-state index contributed by atoms with van der Waals surface area (Å²) in [6.07, 6.45) is 2.88. The van der Waals surface area contributed by atoms with Crippen LogP contribution in [0.15, 0.2) is 23.1 Å². The Morgan fingerprint density at radius 3 is 3.11 bits per heavy atom. The minimum atomic E-state index is 0.0445. The third kappa shape index (κ3) is 4.08. The van der Waals surface area contributed by atoms with E-state index in [2.05, 4.69) is 17.6 Å². The maximum absolute atomic E-state index is 11.5. The lowest BCUT2D eigenvalue weighted by Crippen LogP contribution is -2.43. The van der Waals surface area contributed by atoms with E-state index in [1.54, 1.807) is 10.6 Å². The van der Waals surface area contributed by atoms with Crippen LogP contribution < -0.4 is 16.2 Å². The number of hydrogen-bond donors (Lipinski definition) is 2. The fourth-order valence-corrected chi connectivity index (χ4v) is 2.41. The highest BCUT2D eigenvalue weighted by Gasteiger charge is 2.16. The normalized spacial score (nSPS) is 21.1. The van der Waals surface area contributed by atoms with Crippen molar-refractivity contribution in [2.45, 2.75) is 38.9 Å². The Morgan fingerprint density at radius 2 is 2.42 bits per heavy atom. The Kier molecular flexibility index (Phi) is 4.99. The van der Waals surface area contributed by atoms with E-state index in [4.69, 9.17) is 4.74 Å². The molecule has 0 amide bonds. The smallest absolute Gasteiger partial charge is 0.250 e. The van der Waals surface area contributed by atoms with Crippen molar-refractivity contribution in [3.8, 4) is 0 Å². The van der Waals surface area contributed by atoms with Gasteiger partial charge in [0, 0.05) is 37.4 Å². The van der Waals surface area contributed by atoms with Crippen molar-refractivity contribution in [2.24, 2.45) is 0 Å². The summed E-state index contributed by atoms with van der Waals surface area (Å²) in [5.74, 6) is 0. The SMILES string of the molecule is CCn1cc(NC(C)CC2COCCN2)ccc1=O. The zero-order chi connectivity index (χ0) is 13.7. The molecule has 5 heteroatoms. The fraction of sp³-hybridized carbons (Fsp3) is 0.643. The fourth-order valence-electron chi connectivity index (χ4n) is 2.41. The Hall–Kier alpha value is -1.33. The quantitative estimate of drug-likeness (QED) is 0.835. The third-order valence-corrected chi connectivity index (χ3v) is 3.37. The van der Waals surface area contributed by atoms with Crippen LogP contribution >= 0.6 is 0 Å². The van der Waals surface area contributed by atoms with Crippen LogP contribution in [-0.2, 0) is 11.3 Å². The van der Waals surface area contributed by atoms with E-state index < -0.39 is 0 Å². The molecule has 19 heavy (non-hydrogen) atoms. The van der Waals surface area contributed by atoms with Crippen molar-refractivity contribution in [1.29, 1.82) is 0 Å². The molecule has 1 fully saturated rings. The second kappa shape index (κ2) is 6.73. The van der Waals surface area contributed by atoms with Crippen LogP contribution in [0.25, 0.3) is 0 Å². The first-order valence-corrected chi connectivity index (χ1v) is 6.97. The van der Waals surface area contributed by atoms with Gasteiger partial charge in [-0.3, -0.25) is 4.79 Å². The lowest BCUT2D eigenvalue weighted by Gasteiger charge is -2.27. The number of nitrogens with zero attached hydrogens (tertiary/aromatic N) is 1. The maximum Gasteiger partial charge on any atom is 0.250 e. The van der Waals surface area contributed by atoms with Crippen molar-refractivity contribution < 1.29 is 4.74 Å². The van der Waals surface area contributed by atoms with Crippen LogP contribution in [0, 0.1) is 0 Å². The Bertz CT molecular complexity index is 452. The Morgan fingerprint density at radius 1 is 1.58 bits per heavy atom. The average Bonchev–Trinajstić information content (AvgIpc) is 2.42. The number of pyridine rings is 1. The summed E-state index contributed by atoms with van der Waals surface area (Å²) in [4.78, 5) is 11.5. The number of nitrogens with one attached hydrogen (secondary N) is 2. The molecule has 2 atom stereocenters. The molecule has 0 radical (unpaired) electrons. The van der Waals surface area contributed by atoms with E-state index in [9.17, 15) is 4.79 Å². The number of anilines is 1. The minimum absolute atomic E-state index is 0.0445. The van der Waals surface area contributed by atoms with Gasteiger partial charge in [0.2, 0.25) is 0 Å². The molecule has 1 aromatic heterocycles. The molecular weight excluding hydrogens is 242 g/mol. The molecule has 5 nitrogen and oxygen atoms in total. The van der Waals surface area contributed by atoms with E-state index in [-0.39, 0.29) is 5.56 Å². The van der Waals surface area contributed by atoms with Gasteiger partial charge in [-0.2, -0.15) is 0 Å². The molecule has 1 aromatic rings. The highest BCUT2D eigenvalue weighted by Crippen LogP contribution is 2.10. The summed E-state index contributed by atoms with van der Waals surface area (Å²) in [5.41, 5.74) is 1.04. The average molecular weight is 265 g/mol. The highest BCUT2D eigenvalue weighted by atomic mass is 16.5. The topological polar surface area (TPSA) is 55.3 Å². The molecule has 1 aliphatic rings. The predicted molar refractivity (Wildman–Crippen MR) is 76.7 cm³/mol. The van der Waals surface area contributed by atoms with Crippen molar-refractivity contribution >= 4 is 5.69 Å². The molecule has 0 aromatic carbocycles. The summed E-state index contributed by atoms with van der Waals surface area (Å²) >= 11 is 0. The standard InChI is InChI=1S/C14H23N3O2/c1-3-17-9-12(4-5-14(17)18)16-11(2)8-13-10-19-7-6-15-13/h4-5,9,11,13,15-16H,3,6-8,10H2,1-2H3. The molecule has 0 spiro atoms. The first-order chi connectivity index (χ1) is 9.19. The number of hydrogen-bond acceptors (Lipinski definition) is 4. The number of rotatable bonds is 5. The van der Waals surface area contributed by atoms with Crippen LogP contribution in [0.1, 0.15) is 20.3 Å². The number of morpholine rings is 1. The van der Waals surface area contributed by atoms with Gasteiger partial charge < -0.3 is 19.9 Å². The molecule has 2 heterocycles. The van der Waals surface area contributed by atoms with Crippen LogP contribution in [0.5, 0.6) is 0 Å². The second-order valence-corrected chi connectivity index (χ2v) is 5.05. The molecule has 106 valence electrons. The summed E-state index contributed by atoms with van der Waals surface area (Å²) in [7, 11) is 0. The van der Waals surface area contributed by atoms with Crippen LogP contribution in [0.4, 0.5) is 5.69 Å². The summed E-state index contributed by atoms with van der Waals surface area (Å²) in [5, 5.41) is 6.88. The van der Waals surface area contributed by atoms with Crippen molar-refractivity contribution in [3.63, 3.8) is 0 Å². The molecule has 2 rings (SSSR count). The molecule has 2 N–H and O–H groups in total. The maximum atomic E-state index is 11.5. The molecule has 0 saturated carbocycles. The summed E-state index contributed by atoms with van der Waals surface area (Å²) < 4.78 is 7.16. The largest absolute Gasteiger partial charge is 0.381 e. The second-order valence-electron chi connectivity index (χ2n) is 5.05. The number of aromatic nitrogens is 1. The van der Waals surface area contributed by atoms with Crippen molar-refractivity contribution in [2.75, 3.05) is 25.1 Å². The van der Waals surface area contributed by atoms with Gasteiger partial charge in [0.1, 0.15) is 0 Å². The van der Waals surface area contributed by atoms with Crippen molar-refractivity contribution in [3.05, 3.63) is 28.7 Å². The van der Waals surface area contributed by atoms with E-state index in [1.807, 2.05) is 19.2 Å². The van der Waals surface area contributed by atoms with E-state index in [1.165, 1.54) is 0 Å². The lowest BCUT2D eigenvalue weighted by molar-refractivity contribution is 0.0731. The molecule has 0 bridgehead atoms. The third-order valence-electron chi connectivity index (χ3n) is 3.37. The van der Waals surface area contributed by atoms with E-state index in [0.717, 1.165) is 31.9 Å². The lowest BCUT2D eigenvalue weighted by atomic mass is 10.1. The van der Waals surface area contributed by atoms with Crippen molar-refractivity contribution in [1.82, 2.24) is 9.88 Å². The Balaban J connectivity index is 1.90. The molecule has 0 aliphatic carbocycles. The van der Waals surface area contributed by atoms with Gasteiger partial charge in [-0.05, 0) is 26.3 Å². The predicted octanol–water partition coefficient (Wildman–Crippen LogP) is 1.05. The van der Waals surface area contributed by atoms with Gasteiger partial charge in [-0.25, -0.2) is 0 Å². The van der Waals surface area contributed by atoms with Gasteiger partial charge in [0.05, 0.1) is 18.9 Å². The van der Waals surface area contributed by atoms with Gasteiger partial charge in [-0.15, -0.1) is 0 Å². The molecule has 2 unspecified atom stereocenters. The Labute approximate surface area is 114 Å². The van der Waals surface area contributed by atoms with E-state index in [0.29, 0.717) is 18.6 Å². The number of aryl methyl sites for hydroxylation is 1. The van der Waals surface area contributed by atoms with E-state index >= 15 is 0 Å². The van der Waals surface area contributed by atoms with Crippen LogP contribution in [0.3, 0.4) is 0 Å². The molecule has 1 saturated heterocycles. The molecule has 1 aliphatic heterocycles. The van der Waals surface area contributed by atoms with Gasteiger partial charge >= 0.3 is 0 Å². The first kappa shape index (κ1) is 14.1. The van der Waals surface area contributed by atoms with Crippen LogP contribution in [0.2, 0.25) is 0 Å². The first-order valence-electron chi connectivity index (χ1n) is 6.97. The van der Waals surface area contributed by atoms with Gasteiger partial charge in [0.15, 0.2) is 0 Å². The highest BCUT2D eigenvalue weighted by molar-refractivity contribution is 5.41. The number of ether oxygens (including phenoxy) is 1. The van der Waals surface area contributed by atoms with Gasteiger partial charge in [0.25, 0.3) is 5.56 Å². The summed E-state index contributed by atoms with van der Waals surface area (Å²) in [6.45, 7) is 7.33.